The lowest BCUT2D eigenvalue weighted by Gasteiger charge is -2.15. The highest BCUT2D eigenvalue weighted by Gasteiger charge is 2.34. The second-order valence-corrected chi connectivity index (χ2v) is 5.20. The zero-order chi connectivity index (χ0) is 18.6. The quantitative estimate of drug-likeness (QED) is 0.607. The first-order chi connectivity index (χ1) is 11.7. The fourth-order valence-corrected chi connectivity index (χ4v) is 1.98. The third-order valence-corrected chi connectivity index (χ3v) is 3.19. The maximum Gasteiger partial charge on any atom is 0.418 e. The molecule has 4 N–H and O–H groups in total. The van der Waals surface area contributed by atoms with Gasteiger partial charge in [0.25, 0.3) is 5.91 Å². The summed E-state index contributed by atoms with van der Waals surface area (Å²) in [6, 6.07) is 6.88. The molecule has 0 fully saturated rings. The average molecular weight is 374 g/mol. The number of hydrogen-bond donors (Lipinski definition) is 4. The minimum atomic E-state index is -4.72. The van der Waals surface area contributed by atoms with E-state index in [0.29, 0.717) is 6.07 Å². The molecule has 0 atom stereocenters. The van der Waals surface area contributed by atoms with Gasteiger partial charge in [0.1, 0.15) is 5.75 Å². The van der Waals surface area contributed by atoms with Gasteiger partial charge in [0.15, 0.2) is 0 Å². The van der Waals surface area contributed by atoms with Crippen molar-refractivity contribution in [2.45, 2.75) is 6.18 Å². The highest BCUT2D eigenvalue weighted by atomic mass is 35.5. The van der Waals surface area contributed by atoms with Crippen LogP contribution in [-0.4, -0.2) is 17.0 Å². The van der Waals surface area contributed by atoms with Crippen LogP contribution in [-0.2, 0) is 6.18 Å². The molecular weight excluding hydrogens is 363 g/mol. The van der Waals surface area contributed by atoms with Crippen LogP contribution in [0.5, 0.6) is 5.75 Å². The van der Waals surface area contributed by atoms with Crippen molar-refractivity contribution < 1.29 is 27.9 Å². The van der Waals surface area contributed by atoms with Gasteiger partial charge in [-0.2, -0.15) is 13.2 Å². The molecule has 0 aliphatic carbocycles. The van der Waals surface area contributed by atoms with Crippen molar-refractivity contribution in [3.05, 3.63) is 58.6 Å². The Labute approximate surface area is 144 Å². The summed E-state index contributed by atoms with van der Waals surface area (Å²) in [6.07, 6.45) is -4.72. The molecule has 6 nitrogen and oxygen atoms in total. The Morgan fingerprint density at radius 1 is 1.00 bits per heavy atom. The lowest BCUT2D eigenvalue weighted by Crippen LogP contribution is -2.44. The number of nitrogens with one attached hydrogen (secondary N) is 3. The Bertz CT molecular complexity index is 795. The molecule has 3 amide bonds. The summed E-state index contributed by atoms with van der Waals surface area (Å²) in [5, 5.41) is 11.0. The van der Waals surface area contributed by atoms with Crippen molar-refractivity contribution in [2.24, 2.45) is 0 Å². The summed E-state index contributed by atoms with van der Waals surface area (Å²) in [5.74, 6) is -0.771. The summed E-state index contributed by atoms with van der Waals surface area (Å²) in [7, 11) is 0. The van der Waals surface area contributed by atoms with Gasteiger partial charge in [0, 0.05) is 10.6 Å². The van der Waals surface area contributed by atoms with E-state index in [9.17, 15) is 22.8 Å². The number of phenolic OH excluding ortho intramolecular Hbond substituents is 1. The Morgan fingerprint density at radius 2 is 1.64 bits per heavy atom. The lowest BCUT2D eigenvalue weighted by molar-refractivity contribution is -0.136. The number of alkyl halides is 3. The number of hydrazine groups is 1. The van der Waals surface area contributed by atoms with Crippen molar-refractivity contribution in [1.29, 1.82) is 0 Å². The molecule has 0 spiro atoms. The van der Waals surface area contributed by atoms with Crippen LogP contribution < -0.4 is 16.2 Å². The Balaban J connectivity index is 2.01. The standard InChI is InChI=1S/C15H11ClF3N3O3/c16-9-3-6-12(11(7-9)15(17,18)19)20-14(25)22-21-13(24)8-1-4-10(23)5-2-8/h1-7,23H,(H,21,24)(H2,20,22,25). The number of carbonyl (C=O) groups is 2. The number of halogens is 4. The summed E-state index contributed by atoms with van der Waals surface area (Å²) in [4.78, 5) is 23.4. The normalized spacial score (nSPS) is 10.9. The molecule has 132 valence electrons. The fourth-order valence-electron chi connectivity index (χ4n) is 1.81. The van der Waals surface area contributed by atoms with Crippen LogP contribution in [0.1, 0.15) is 15.9 Å². The zero-order valence-electron chi connectivity index (χ0n) is 12.3. The van der Waals surface area contributed by atoms with Gasteiger partial charge in [0.2, 0.25) is 0 Å². The Kier molecular flexibility index (Phi) is 5.38. The molecule has 0 aromatic heterocycles. The topological polar surface area (TPSA) is 90.5 Å². The van der Waals surface area contributed by atoms with Gasteiger partial charge in [-0.15, -0.1) is 0 Å². The van der Waals surface area contributed by atoms with E-state index in [4.69, 9.17) is 16.7 Å². The lowest BCUT2D eigenvalue weighted by atomic mass is 10.1. The number of urea groups is 1. The average Bonchev–Trinajstić information content (AvgIpc) is 2.54. The smallest absolute Gasteiger partial charge is 0.418 e. The van der Waals surface area contributed by atoms with Gasteiger partial charge in [-0.3, -0.25) is 10.2 Å². The minimum absolute atomic E-state index is 0.0512. The summed E-state index contributed by atoms with van der Waals surface area (Å²) in [6.45, 7) is 0. The van der Waals surface area contributed by atoms with Crippen LogP contribution in [0, 0.1) is 0 Å². The van der Waals surface area contributed by atoms with Gasteiger partial charge >= 0.3 is 12.2 Å². The van der Waals surface area contributed by atoms with Crippen molar-refractivity contribution >= 4 is 29.2 Å². The summed E-state index contributed by atoms with van der Waals surface area (Å²) in [5.41, 5.74) is 2.42. The number of carbonyl (C=O) groups excluding carboxylic acids is 2. The Morgan fingerprint density at radius 3 is 2.24 bits per heavy atom. The summed E-state index contributed by atoms with van der Waals surface area (Å²) < 4.78 is 38.8. The monoisotopic (exact) mass is 373 g/mol. The molecule has 2 aromatic carbocycles. The van der Waals surface area contributed by atoms with Crippen LogP contribution in [0.3, 0.4) is 0 Å². The van der Waals surface area contributed by atoms with Crippen molar-refractivity contribution in [3.63, 3.8) is 0 Å². The molecule has 0 saturated carbocycles. The molecule has 0 aliphatic rings. The number of benzene rings is 2. The summed E-state index contributed by atoms with van der Waals surface area (Å²) >= 11 is 5.54. The van der Waals surface area contributed by atoms with Crippen molar-refractivity contribution in [3.8, 4) is 5.75 Å². The largest absolute Gasteiger partial charge is 0.508 e. The van der Waals surface area contributed by atoms with E-state index in [0.717, 1.165) is 6.07 Å². The fraction of sp³-hybridized carbons (Fsp3) is 0.0667. The molecule has 10 heteroatoms. The van der Waals surface area contributed by atoms with Gasteiger partial charge in [-0.1, -0.05) is 11.6 Å². The highest BCUT2D eigenvalue weighted by Crippen LogP contribution is 2.36. The van der Waals surface area contributed by atoms with E-state index in [2.05, 4.69) is 0 Å². The number of hydrogen-bond acceptors (Lipinski definition) is 3. The van der Waals surface area contributed by atoms with Gasteiger partial charge in [-0.05, 0) is 42.5 Å². The SMILES string of the molecule is O=C(NNC(=O)c1ccc(O)cc1)Nc1ccc(Cl)cc1C(F)(F)F. The predicted molar refractivity (Wildman–Crippen MR) is 84.2 cm³/mol. The zero-order valence-corrected chi connectivity index (χ0v) is 13.1. The Hall–Kier alpha value is -2.94. The number of rotatable bonds is 2. The molecule has 0 saturated heterocycles. The molecule has 0 unspecified atom stereocenters. The van der Waals surface area contributed by atoms with E-state index >= 15 is 0 Å². The van der Waals surface area contributed by atoms with E-state index < -0.39 is 29.4 Å². The van der Waals surface area contributed by atoms with Gasteiger partial charge < -0.3 is 10.4 Å². The molecule has 25 heavy (non-hydrogen) atoms. The molecule has 0 radical (unpaired) electrons. The van der Waals surface area contributed by atoms with Crippen LogP contribution in [0.15, 0.2) is 42.5 Å². The third kappa shape index (κ3) is 5.01. The van der Waals surface area contributed by atoms with Crippen LogP contribution in [0.25, 0.3) is 0 Å². The maximum atomic E-state index is 12.9. The number of phenols is 1. The molecule has 2 rings (SSSR count). The highest BCUT2D eigenvalue weighted by molar-refractivity contribution is 6.30. The molecule has 0 bridgehead atoms. The third-order valence-electron chi connectivity index (χ3n) is 2.95. The van der Waals surface area contributed by atoms with Crippen molar-refractivity contribution in [2.75, 3.05) is 5.32 Å². The van der Waals surface area contributed by atoms with Crippen LogP contribution >= 0.6 is 11.6 Å². The number of aromatic hydroxyl groups is 1. The van der Waals surface area contributed by atoms with E-state index in [-0.39, 0.29) is 16.3 Å². The molecule has 0 heterocycles. The van der Waals surface area contributed by atoms with Crippen LogP contribution in [0.4, 0.5) is 23.7 Å². The van der Waals surface area contributed by atoms with E-state index in [1.807, 2.05) is 16.2 Å². The molecule has 2 aromatic rings. The first-order valence-electron chi connectivity index (χ1n) is 6.70. The molecular formula is C15H11ClF3N3O3. The number of amides is 3. The van der Waals surface area contributed by atoms with Crippen LogP contribution in [0.2, 0.25) is 5.02 Å². The first kappa shape index (κ1) is 18.4. The number of anilines is 1. The maximum absolute atomic E-state index is 12.9. The van der Waals surface area contributed by atoms with Crippen molar-refractivity contribution in [1.82, 2.24) is 10.9 Å². The first-order valence-corrected chi connectivity index (χ1v) is 7.08. The minimum Gasteiger partial charge on any atom is -0.508 e. The van der Waals surface area contributed by atoms with E-state index in [1.54, 1.807) is 0 Å². The second-order valence-electron chi connectivity index (χ2n) is 4.77. The molecule has 0 aliphatic heterocycles. The van der Waals surface area contributed by atoms with Gasteiger partial charge in [-0.25, -0.2) is 10.2 Å². The van der Waals surface area contributed by atoms with E-state index in [1.165, 1.54) is 30.3 Å². The predicted octanol–water partition coefficient (Wildman–Crippen LogP) is 3.53. The van der Waals surface area contributed by atoms with Gasteiger partial charge in [0.05, 0.1) is 11.3 Å². The second kappa shape index (κ2) is 7.31.